The first-order valence-electron chi connectivity index (χ1n) is 8.29. The number of carbonyl (C=O) groups excluding carboxylic acids is 2. The van der Waals surface area contributed by atoms with E-state index < -0.39 is 0 Å². The van der Waals surface area contributed by atoms with E-state index in [0.29, 0.717) is 53.4 Å². The number of carbonyl (C=O) groups is 2. The molecule has 6 nitrogen and oxygen atoms in total. The number of amides is 2. The molecule has 0 aliphatic carbocycles. The van der Waals surface area contributed by atoms with Crippen LogP contribution in [0.4, 0.5) is 0 Å². The minimum absolute atomic E-state index is 0.0437. The SMILES string of the molecule is O=C(c1ccc(Cl)cc1)N1CCN(C(=O)c2ccc3ocnc3c2)CC1. The number of fused-ring (bicyclic) bond motifs is 1. The standard InChI is InChI=1S/C19H16ClN3O3/c20-15-4-1-13(2-5-15)18(24)22-7-9-23(10-8-22)19(25)14-3-6-17-16(11-14)21-12-26-17/h1-6,11-12H,7-10H2. The second kappa shape index (κ2) is 6.80. The molecule has 2 amide bonds. The lowest BCUT2D eigenvalue weighted by Gasteiger charge is -2.34. The summed E-state index contributed by atoms with van der Waals surface area (Å²) in [5, 5.41) is 0.598. The van der Waals surface area contributed by atoms with Crippen molar-refractivity contribution < 1.29 is 14.0 Å². The van der Waals surface area contributed by atoms with Crippen LogP contribution in [0.5, 0.6) is 0 Å². The van der Waals surface area contributed by atoms with Crippen LogP contribution >= 0.6 is 11.6 Å². The predicted octanol–water partition coefficient (Wildman–Crippen LogP) is 3.08. The minimum atomic E-state index is -0.0616. The van der Waals surface area contributed by atoms with E-state index in [4.69, 9.17) is 16.0 Å². The maximum absolute atomic E-state index is 12.7. The minimum Gasteiger partial charge on any atom is -0.443 e. The Hall–Kier alpha value is -2.86. The largest absolute Gasteiger partial charge is 0.443 e. The van der Waals surface area contributed by atoms with E-state index >= 15 is 0 Å². The summed E-state index contributed by atoms with van der Waals surface area (Å²) in [5.41, 5.74) is 2.49. The Bertz CT molecular complexity index is 960. The fourth-order valence-electron chi connectivity index (χ4n) is 3.06. The number of hydrogen-bond donors (Lipinski definition) is 0. The molecule has 4 rings (SSSR count). The highest BCUT2D eigenvalue weighted by Crippen LogP contribution is 2.17. The molecule has 1 aliphatic rings. The Kier molecular flexibility index (Phi) is 4.34. The van der Waals surface area contributed by atoms with Gasteiger partial charge in [0.1, 0.15) is 5.52 Å². The second-order valence-electron chi connectivity index (χ2n) is 6.13. The molecule has 0 unspecified atom stereocenters. The van der Waals surface area contributed by atoms with Gasteiger partial charge in [0.15, 0.2) is 12.0 Å². The van der Waals surface area contributed by atoms with Crippen molar-refractivity contribution in [3.8, 4) is 0 Å². The third kappa shape index (κ3) is 3.15. The monoisotopic (exact) mass is 369 g/mol. The van der Waals surface area contributed by atoms with Gasteiger partial charge in [-0.1, -0.05) is 11.6 Å². The molecule has 1 saturated heterocycles. The summed E-state index contributed by atoms with van der Waals surface area (Å²) in [6.45, 7) is 1.99. The summed E-state index contributed by atoms with van der Waals surface area (Å²) in [6, 6.07) is 12.1. The number of aromatic nitrogens is 1. The van der Waals surface area contributed by atoms with Gasteiger partial charge in [-0.25, -0.2) is 4.98 Å². The molecule has 7 heteroatoms. The van der Waals surface area contributed by atoms with Gasteiger partial charge < -0.3 is 14.2 Å². The molecule has 3 aromatic rings. The first kappa shape index (κ1) is 16.6. The van der Waals surface area contributed by atoms with Gasteiger partial charge in [-0.3, -0.25) is 9.59 Å². The van der Waals surface area contributed by atoms with Crippen LogP contribution in [-0.4, -0.2) is 52.8 Å². The highest BCUT2D eigenvalue weighted by Gasteiger charge is 2.25. The van der Waals surface area contributed by atoms with Crippen LogP contribution < -0.4 is 0 Å². The molecular weight excluding hydrogens is 354 g/mol. The Morgan fingerprint density at radius 1 is 0.885 bits per heavy atom. The van der Waals surface area contributed by atoms with Crippen molar-refractivity contribution in [1.29, 1.82) is 0 Å². The van der Waals surface area contributed by atoms with Crippen LogP contribution in [0, 0.1) is 0 Å². The number of halogens is 1. The van der Waals surface area contributed by atoms with Crippen LogP contribution in [0.3, 0.4) is 0 Å². The van der Waals surface area contributed by atoms with Gasteiger partial charge in [-0.2, -0.15) is 0 Å². The van der Waals surface area contributed by atoms with E-state index in [0.717, 1.165) is 0 Å². The van der Waals surface area contributed by atoms with E-state index in [1.54, 1.807) is 52.3 Å². The van der Waals surface area contributed by atoms with Crippen LogP contribution in [0.1, 0.15) is 20.7 Å². The fourth-order valence-corrected chi connectivity index (χ4v) is 3.19. The molecular formula is C19H16ClN3O3. The molecule has 0 spiro atoms. The van der Waals surface area contributed by atoms with Crippen molar-refractivity contribution in [1.82, 2.24) is 14.8 Å². The second-order valence-corrected chi connectivity index (χ2v) is 6.56. The van der Waals surface area contributed by atoms with Crippen LogP contribution in [-0.2, 0) is 0 Å². The van der Waals surface area contributed by atoms with E-state index in [1.165, 1.54) is 6.39 Å². The molecule has 1 aromatic heterocycles. The fraction of sp³-hybridized carbons (Fsp3) is 0.211. The van der Waals surface area contributed by atoms with Crippen molar-refractivity contribution in [2.75, 3.05) is 26.2 Å². The molecule has 2 aromatic carbocycles. The molecule has 0 atom stereocenters. The average Bonchev–Trinajstić information content (AvgIpc) is 3.15. The molecule has 26 heavy (non-hydrogen) atoms. The Balaban J connectivity index is 1.41. The topological polar surface area (TPSA) is 66.7 Å². The molecule has 0 radical (unpaired) electrons. The highest BCUT2D eigenvalue weighted by molar-refractivity contribution is 6.30. The summed E-state index contributed by atoms with van der Waals surface area (Å²) in [5.74, 6) is -0.105. The lowest BCUT2D eigenvalue weighted by molar-refractivity contribution is 0.0535. The first-order chi connectivity index (χ1) is 12.6. The number of nitrogens with zero attached hydrogens (tertiary/aromatic N) is 3. The zero-order valence-corrected chi connectivity index (χ0v) is 14.6. The summed E-state index contributed by atoms with van der Waals surface area (Å²) in [7, 11) is 0. The van der Waals surface area contributed by atoms with Crippen molar-refractivity contribution in [3.63, 3.8) is 0 Å². The molecule has 0 bridgehead atoms. The molecule has 0 N–H and O–H groups in total. The predicted molar refractivity (Wildman–Crippen MR) is 97.3 cm³/mol. The van der Waals surface area contributed by atoms with Gasteiger partial charge in [-0.05, 0) is 42.5 Å². The maximum atomic E-state index is 12.7. The number of hydrogen-bond acceptors (Lipinski definition) is 4. The zero-order valence-electron chi connectivity index (χ0n) is 13.9. The van der Waals surface area contributed by atoms with Crippen LogP contribution in [0.15, 0.2) is 53.3 Å². The van der Waals surface area contributed by atoms with E-state index in [1.807, 2.05) is 0 Å². The van der Waals surface area contributed by atoms with Gasteiger partial charge >= 0.3 is 0 Å². The molecule has 2 heterocycles. The maximum Gasteiger partial charge on any atom is 0.254 e. The van der Waals surface area contributed by atoms with Crippen molar-refractivity contribution in [3.05, 3.63) is 65.0 Å². The van der Waals surface area contributed by atoms with Crippen LogP contribution in [0.25, 0.3) is 11.1 Å². The quantitative estimate of drug-likeness (QED) is 0.696. The Labute approximate surface area is 155 Å². The number of rotatable bonds is 2. The summed E-state index contributed by atoms with van der Waals surface area (Å²) in [6.07, 6.45) is 1.36. The third-order valence-electron chi connectivity index (χ3n) is 4.52. The summed E-state index contributed by atoms with van der Waals surface area (Å²) < 4.78 is 5.20. The summed E-state index contributed by atoms with van der Waals surface area (Å²) in [4.78, 5) is 32.8. The van der Waals surface area contributed by atoms with Crippen LogP contribution in [0.2, 0.25) is 5.02 Å². The lowest BCUT2D eigenvalue weighted by atomic mass is 10.1. The summed E-state index contributed by atoms with van der Waals surface area (Å²) >= 11 is 5.86. The molecule has 132 valence electrons. The molecule has 1 aliphatic heterocycles. The number of oxazole rings is 1. The Morgan fingerprint density at radius 3 is 2.12 bits per heavy atom. The van der Waals surface area contributed by atoms with Gasteiger partial charge in [0.2, 0.25) is 0 Å². The smallest absolute Gasteiger partial charge is 0.254 e. The zero-order chi connectivity index (χ0) is 18.1. The van der Waals surface area contributed by atoms with E-state index in [-0.39, 0.29) is 11.8 Å². The lowest BCUT2D eigenvalue weighted by Crippen LogP contribution is -2.50. The number of benzene rings is 2. The van der Waals surface area contributed by atoms with Crippen molar-refractivity contribution >= 4 is 34.5 Å². The number of piperazine rings is 1. The Morgan fingerprint density at radius 2 is 1.46 bits per heavy atom. The third-order valence-corrected chi connectivity index (χ3v) is 4.77. The normalized spacial score (nSPS) is 14.7. The first-order valence-corrected chi connectivity index (χ1v) is 8.67. The van der Waals surface area contributed by atoms with Gasteiger partial charge in [-0.15, -0.1) is 0 Å². The molecule has 1 fully saturated rings. The van der Waals surface area contributed by atoms with Gasteiger partial charge in [0.05, 0.1) is 0 Å². The van der Waals surface area contributed by atoms with Gasteiger partial charge in [0, 0.05) is 42.3 Å². The van der Waals surface area contributed by atoms with Crippen molar-refractivity contribution in [2.45, 2.75) is 0 Å². The van der Waals surface area contributed by atoms with E-state index in [2.05, 4.69) is 4.98 Å². The highest BCUT2D eigenvalue weighted by atomic mass is 35.5. The molecule has 0 saturated carbocycles. The van der Waals surface area contributed by atoms with Crippen molar-refractivity contribution in [2.24, 2.45) is 0 Å². The average molecular weight is 370 g/mol. The van der Waals surface area contributed by atoms with E-state index in [9.17, 15) is 9.59 Å². The van der Waals surface area contributed by atoms with Gasteiger partial charge in [0.25, 0.3) is 11.8 Å².